The Hall–Kier alpha value is -7.99. The summed E-state index contributed by atoms with van der Waals surface area (Å²) in [5, 5.41) is 13.5. The van der Waals surface area contributed by atoms with Gasteiger partial charge in [-0.3, -0.25) is 33.8 Å². The molecule has 2 aromatic heterocycles. The molecular weight excluding hydrogens is 889 g/mol. The first-order chi connectivity index (χ1) is 33.9. The van der Waals surface area contributed by atoms with Gasteiger partial charge in [0.15, 0.2) is 5.96 Å². The summed E-state index contributed by atoms with van der Waals surface area (Å²) in [5.41, 5.74) is 23.3. The number of aromatic nitrogens is 2. The number of benzene rings is 4. The number of hydrogen-bond acceptors (Lipinski definition) is 8. The molecule has 18 nitrogen and oxygen atoms in total. The van der Waals surface area contributed by atoms with Crippen LogP contribution in [0.3, 0.4) is 0 Å². The third kappa shape index (κ3) is 10.4. The molecule has 18 heteroatoms. The summed E-state index contributed by atoms with van der Waals surface area (Å²) < 4.78 is 0. The van der Waals surface area contributed by atoms with E-state index in [2.05, 4.69) is 36.2 Å². The van der Waals surface area contributed by atoms with Crippen molar-refractivity contribution in [3.05, 3.63) is 143 Å². The van der Waals surface area contributed by atoms with Crippen molar-refractivity contribution >= 4 is 63.2 Å². The Bertz CT molecular complexity index is 2950. The van der Waals surface area contributed by atoms with E-state index in [1.807, 2.05) is 103 Å². The summed E-state index contributed by atoms with van der Waals surface area (Å²) in [5.74, 6) is -3.77. The van der Waals surface area contributed by atoms with Crippen LogP contribution in [0.2, 0.25) is 0 Å². The fourth-order valence-electron chi connectivity index (χ4n) is 10.1. The Balaban J connectivity index is 1.14. The summed E-state index contributed by atoms with van der Waals surface area (Å²) in [7, 11) is 0. The minimum atomic E-state index is -1.28. The molecule has 3 aliphatic rings. The van der Waals surface area contributed by atoms with E-state index in [4.69, 9.17) is 17.2 Å². The molecule has 7 atom stereocenters. The van der Waals surface area contributed by atoms with Crippen LogP contribution in [-0.4, -0.2) is 117 Å². The zero-order valence-corrected chi connectivity index (χ0v) is 38.6. The number of amides is 6. The molecule has 0 unspecified atom stereocenters. The van der Waals surface area contributed by atoms with Crippen LogP contribution < -0.4 is 38.5 Å². The molecule has 2 fully saturated rings. The monoisotopic (exact) mass is 946 g/mol. The Kier molecular flexibility index (Phi) is 13.9. The molecule has 2 saturated heterocycles. The maximum atomic E-state index is 15.2. The molecule has 3 aliphatic heterocycles. The zero-order valence-electron chi connectivity index (χ0n) is 38.6. The number of carbonyl (C=O) groups excluding carboxylic acids is 6. The number of aliphatic imine (C=N–C) groups is 1. The van der Waals surface area contributed by atoms with Crippen LogP contribution in [0.1, 0.15) is 47.1 Å². The highest BCUT2D eigenvalue weighted by Crippen LogP contribution is 2.29. The third-order valence-corrected chi connectivity index (χ3v) is 13.7. The average molecular weight is 947 g/mol. The standard InChI is InChI=1S/C52H58N12O6/c53-35-25-45-51(70)63-28-32-14-5-4-13-31(32)24-44(63)49(68)62-43(23-34-27-58-39-18-9-7-16-37(34)39)48(67)60-41(21-30-11-2-1-3-12-30)46(65)61-42(22-33-26-57-38-17-8-6-15-36(33)38)47(66)59-40(50(69)64(45)29-35)19-10-20-56-52(54)55/h1-9,11-18,26-27,35,40-45,57-58H,10,19-25,28-29,53H2,(H,59,66)(H,60,67)(H,61,65)(H,62,68)(H4,54,55,56)/t35-,40-,41+,42-,43-,44-,45+/m0/s1. The van der Waals surface area contributed by atoms with Crippen LogP contribution in [0.4, 0.5) is 0 Å². The van der Waals surface area contributed by atoms with E-state index in [-0.39, 0.29) is 70.5 Å². The molecular formula is C52H58N12O6. The van der Waals surface area contributed by atoms with Gasteiger partial charge < -0.3 is 58.2 Å². The van der Waals surface area contributed by atoms with E-state index < -0.39 is 77.7 Å². The number of para-hydroxylation sites is 2. The highest BCUT2D eigenvalue weighted by molar-refractivity contribution is 5.99. The number of nitrogens with zero attached hydrogens (tertiary/aromatic N) is 3. The van der Waals surface area contributed by atoms with Crippen LogP contribution in [0.15, 0.2) is 121 Å². The van der Waals surface area contributed by atoms with Gasteiger partial charge >= 0.3 is 0 Å². The zero-order chi connectivity index (χ0) is 48.9. The van der Waals surface area contributed by atoms with Gasteiger partial charge in [0.1, 0.15) is 36.3 Å². The predicted molar refractivity (Wildman–Crippen MR) is 264 cm³/mol. The first-order valence-electron chi connectivity index (χ1n) is 23.7. The second kappa shape index (κ2) is 20.7. The number of H-pyrrole nitrogens is 2. The minimum absolute atomic E-state index is 0.000335. The van der Waals surface area contributed by atoms with Crippen LogP contribution in [0.25, 0.3) is 21.8 Å². The second-order valence-electron chi connectivity index (χ2n) is 18.5. The number of hydrogen-bond donors (Lipinski definition) is 9. The van der Waals surface area contributed by atoms with Gasteiger partial charge in [-0.1, -0.05) is 91.0 Å². The molecule has 9 rings (SSSR count). The van der Waals surface area contributed by atoms with Crippen LogP contribution in [0.5, 0.6) is 0 Å². The van der Waals surface area contributed by atoms with Gasteiger partial charge in [0.05, 0.1) is 0 Å². The van der Waals surface area contributed by atoms with Crippen molar-refractivity contribution in [1.29, 1.82) is 0 Å². The highest BCUT2D eigenvalue weighted by Gasteiger charge is 2.46. The molecule has 12 N–H and O–H groups in total. The summed E-state index contributed by atoms with van der Waals surface area (Å²) in [6.45, 7) is 0.194. The van der Waals surface area contributed by atoms with E-state index in [0.717, 1.165) is 44.1 Å². The van der Waals surface area contributed by atoms with E-state index in [1.54, 1.807) is 12.4 Å². The van der Waals surface area contributed by atoms with Crippen molar-refractivity contribution in [2.24, 2.45) is 22.2 Å². The summed E-state index contributed by atoms with van der Waals surface area (Å²) in [6.07, 6.45) is 4.15. The number of nitrogens with one attached hydrogen (secondary N) is 6. The molecule has 6 aromatic rings. The van der Waals surface area contributed by atoms with Crippen molar-refractivity contribution < 1.29 is 28.8 Å². The molecule has 0 aliphatic carbocycles. The Morgan fingerprint density at radius 2 is 1.10 bits per heavy atom. The lowest BCUT2D eigenvalue weighted by atomic mass is 9.92. The first kappa shape index (κ1) is 47.1. The van der Waals surface area contributed by atoms with Crippen LogP contribution in [0, 0.1) is 0 Å². The summed E-state index contributed by atoms with van der Waals surface area (Å²) in [6, 6.07) is 24.0. The first-order valence-corrected chi connectivity index (χ1v) is 23.7. The van der Waals surface area contributed by atoms with Crippen molar-refractivity contribution in [3.8, 4) is 0 Å². The molecule has 0 bridgehead atoms. The quantitative estimate of drug-likeness (QED) is 0.0547. The van der Waals surface area contributed by atoms with Crippen molar-refractivity contribution in [3.63, 3.8) is 0 Å². The Morgan fingerprint density at radius 3 is 1.71 bits per heavy atom. The Morgan fingerprint density at radius 1 is 0.571 bits per heavy atom. The van der Waals surface area contributed by atoms with Crippen LogP contribution in [-0.2, 0) is 61.0 Å². The van der Waals surface area contributed by atoms with Crippen molar-refractivity contribution in [2.45, 2.75) is 93.8 Å². The van der Waals surface area contributed by atoms with Crippen molar-refractivity contribution in [2.75, 3.05) is 13.1 Å². The summed E-state index contributed by atoms with van der Waals surface area (Å²) >= 11 is 0. The lowest BCUT2D eigenvalue weighted by molar-refractivity contribution is -0.150. The van der Waals surface area contributed by atoms with Gasteiger partial charge in [0.2, 0.25) is 35.4 Å². The van der Waals surface area contributed by atoms with E-state index in [1.165, 1.54) is 9.80 Å². The maximum Gasteiger partial charge on any atom is 0.246 e. The molecule has 0 saturated carbocycles. The number of aromatic amines is 2. The minimum Gasteiger partial charge on any atom is -0.370 e. The van der Waals surface area contributed by atoms with Gasteiger partial charge in [-0.15, -0.1) is 0 Å². The van der Waals surface area contributed by atoms with Crippen LogP contribution >= 0.6 is 0 Å². The normalized spacial score (nSPS) is 23.6. The molecule has 70 heavy (non-hydrogen) atoms. The highest BCUT2D eigenvalue weighted by atomic mass is 16.2. The fraction of sp³-hybridized carbons (Fsp3) is 0.327. The maximum absolute atomic E-state index is 15.2. The van der Waals surface area contributed by atoms with E-state index >= 15 is 19.2 Å². The number of carbonyl (C=O) groups is 6. The van der Waals surface area contributed by atoms with Gasteiger partial charge in [0.25, 0.3) is 0 Å². The fourth-order valence-corrected chi connectivity index (χ4v) is 10.1. The molecule has 362 valence electrons. The molecule has 0 spiro atoms. The van der Waals surface area contributed by atoms with E-state index in [0.29, 0.717) is 5.56 Å². The molecule has 6 amide bonds. The molecule has 5 heterocycles. The van der Waals surface area contributed by atoms with Gasteiger partial charge in [-0.2, -0.15) is 0 Å². The molecule has 0 radical (unpaired) electrons. The Labute approximate surface area is 404 Å². The number of rotatable bonds is 10. The summed E-state index contributed by atoms with van der Waals surface area (Å²) in [4.78, 5) is 104. The topological polar surface area (TPSA) is 279 Å². The molecule has 4 aromatic carbocycles. The van der Waals surface area contributed by atoms with Crippen molar-refractivity contribution in [1.82, 2.24) is 41.0 Å². The SMILES string of the molecule is NC(N)=NCCC[C@@H]1NC(=O)[C@H](Cc2c[nH]c3ccccc23)NC(=O)[C@@H](Cc2ccccc2)NC(=O)[C@H](Cc2c[nH]c3ccccc23)NC(=O)[C@@H]2Cc3ccccc3CN2C(=O)[C@H]2C[C@H](N)CN2C1=O. The third-order valence-electron chi connectivity index (χ3n) is 13.7. The lowest BCUT2D eigenvalue weighted by Crippen LogP contribution is -2.63. The lowest BCUT2D eigenvalue weighted by Gasteiger charge is -2.40. The number of nitrogens with two attached hydrogens (primary N) is 3. The van der Waals surface area contributed by atoms with Gasteiger partial charge in [-0.05, 0) is 59.2 Å². The van der Waals surface area contributed by atoms with Gasteiger partial charge in [-0.25, -0.2) is 0 Å². The predicted octanol–water partition coefficient (Wildman–Crippen LogP) is 1.57. The largest absolute Gasteiger partial charge is 0.370 e. The number of fused-ring (bicyclic) bond motifs is 5. The number of guanidine groups is 1. The second-order valence-corrected chi connectivity index (χ2v) is 18.5. The average Bonchev–Trinajstić information content (AvgIpc) is 4.09. The smallest absolute Gasteiger partial charge is 0.246 e. The van der Waals surface area contributed by atoms with Gasteiger partial charge in [0, 0.05) is 85.6 Å². The van der Waals surface area contributed by atoms with E-state index in [9.17, 15) is 9.59 Å².